The third-order valence-corrected chi connectivity index (χ3v) is 3.33. The van der Waals surface area contributed by atoms with Crippen LogP contribution in [-0.4, -0.2) is 47.1 Å². The summed E-state index contributed by atoms with van der Waals surface area (Å²) in [4.78, 5) is 28.2. The van der Waals surface area contributed by atoms with Crippen molar-refractivity contribution in [1.29, 1.82) is 0 Å². The molecule has 0 unspecified atom stereocenters. The molecule has 7 nitrogen and oxygen atoms in total. The Labute approximate surface area is 145 Å². The van der Waals surface area contributed by atoms with E-state index in [1.165, 1.54) is 7.05 Å². The number of hydrogen-bond acceptors (Lipinski definition) is 5. The Kier molecular flexibility index (Phi) is 6.33. The number of aliphatic carboxylic acids is 1. The highest BCUT2D eigenvalue weighted by atomic mass is 16.5. The number of carboxylic acids is 1. The minimum Gasteiger partial charge on any atom is -0.490 e. The lowest BCUT2D eigenvalue weighted by Gasteiger charge is -2.17. The van der Waals surface area contributed by atoms with Gasteiger partial charge in [0.1, 0.15) is 13.2 Å². The van der Waals surface area contributed by atoms with E-state index in [4.69, 9.17) is 14.6 Å². The summed E-state index contributed by atoms with van der Waals surface area (Å²) in [7, 11) is 1.43. The van der Waals surface area contributed by atoms with Gasteiger partial charge >= 0.3 is 5.97 Å². The van der Waals surface area contributed by atoms with Crippen LogP contribution in [0, 0.1) is 0 Å². The van der Waals surface area contributed by atoms with Crippen molar-refractivity contribution in [1.82, 2.24) is 9.88 Å². The van der Waals surface area contributed by atoms with Gasteiger partial charge < -0.3 is 19.5 Å². The maximum Gasteiger partial charge on any atom is 0.323 e. The number of aromatic nitrogens is 1. The molecule has 0 spiro atoms. The van der Waals surface area contributed by atoms with Crippen molar-refractivity contribution in [3.05, 3.63) is 53.9 Å². The van der Waals surface area contributed by atoms with Crippen molar-refractivity contribution < 1.29 is 24.2 Å². The Morgan fingerprint density at radius 3 is 2.64 bits per heavy atom. The van der Waals surface area contributed by atoms with Gasteiger partial charge in [-0.15, -0.1) is 0 Å². The largest absolute Gasteiger partial charge is 0.490 e. The molecule has 0 saturated carbocycles. The Hall–Kier alpha value is -3.09. The average molecular weight is 344 g/mol. The Morgan fingerprint density at radius 2 is 2.00 bits per heavy atom. The molecule has 0 aliphatic heterocycles. The van der Waals surface area contributed by atoms with Gasteiger partial charge in [0, 0.05) is 30.6 Å². The maximum atomic E-state index is 12.3. The van der Waals surface area contributed by atoms with Crippen LogP contribution in [0.25, 0.3) is 0 Å². The number of nitrogens with zero attached hydrogens (tertiary/aromatic N) is 2. The molecule has 2 aromatic rings. The van der Waals surface area contributed by atoms with Crippen LogP contribution in [0.2, 0.25) is 0 Å². The molecule has 0 aliphatic carbocycles. The summed E-state index contributed by atoms with van der Waals surface area (Å²) in [5.74, 6) is -0.538. The van der Waals surface area contributed by atoms with Crippen LogP contribution in [0.1, 0.15) is 22.8 Å². The number of hydrogen-bond donors (Lipinski definition) is 1. The van der Waals surface area contributed by atoms with E-state index in [1.54, 1.807) is 30.6 Å². The highest BCUT2D eigenvalue weighted by molar-refractivity contribution is 5.96. The van der Waals surface area contributed by atoms with Gasteiger partial charge in [0.05, 0.1) is 6.61 Å². The molecular formula is C18H20N2O5. The second kappa shape index (κ2) is 8.68. The molecule has 0 bridgehead atoms. The standard InChI is InChI=1S/C18H20N2O5/c1-3-24-16-9-14(18(23)20(2)11-17(21)22)6-7-15(16)25-12-13-5-4-8-19-10-13/h4-10H,3,11-12H2,1-2H3,(H,21,22). The first kappa shape index (κ1) is 18.3. The normalized spacial score (nSPS) is 10.2. The lowest BCUT2D eigenvalue weighted by molar-refractivity contribution is -0.137. The van der Waals surface area contributed by atoms with Gasteiger partial charge in [0.25, 0.3) is 5.91 Å². The number of pyridine rings is 1. The van der Waals surface area contributed by atoms with E-state index < -0.39 is 11.9 Å². The fourth-order valence-corrected chi connectivity index (χ4v) is 2.17. The zero-order valence-electron chi connectivity index (χ0n) is 14.1. The van der Waals surface area contributed by atoms with E-state index in [-0.39, 0.29) is 6.54 Å². The van der Waals surface area contributed by atoms with Gasteiger partial charge in [-0.1, -0.05) is 6.07 Å². The molecule has 1 aromatic heterocycles. The van der Waals surface area contributed by atoms with E-state index in [0.717, 1.165) is 10.5 Å². The number of likely N-dealkylation sites (N-methyl/N-ethyl adjacent to an activating group) is 1. The Morgan fingerprint density at radius 1 is 1.20 bits per heavy atom. The molecule has 25 heavy (non-hydrogen) atoms. The number of benzene rings is 1. The average Bonchev–Trinajstić information content (AvgIpc) is 2.60. The fraction of sp³-hybridized carbons (Fsp3) is 0.278. The second-order valence-electron chi connectivity index (χ2n) is 5.30. The summed E-state index contributed by atoms with van der Waals surface area (Å²) in [5, 5.41) is 8.80. The lowest BCUT2D eigenvalue weighted by atomic mass is 10.1. The van der Waals surface area contributed by atoms with Crippen molar-refractivity contribution in [3.63, 3.8) is 0 Å². The molecule has 0 fully saturated rings. The van der Waals surface area contributed by atoms with Gasteiger partial charge in [0.15, 0.2) is 11.5 Å². The van der Waals surface area contributed by atoms with Crippen LogP contribution >= 0.6 is 0 Å². The minimum atomic E-state index is -1.07. The molecule has 132 valence electrons. The molecule has 7 heteroatoms. The second-order valence-corrected chi connectivity index (χ2v) is 5.30. The third-order valence-electron chi connectivity index (χ3n) is 3.33. The zero-order valence-corrected chi connectivity index (χ0v) is 14.1. The fourth-order valence-electron chi connectivity index (χ4n) is 2.17. The monoisotopic (exact) mass is 344 g/mol. The van der Waals surface area contributed by atoms with Gasteiger partial charge in [-0.3, -0.25) is 14.6 Å². The molecule has 0 aliphatic rings. The van der Waals surface area contributed by atoms with Crippen molar-refractivity contribution in [3.8, 4) is 11.5 Å². The number of ether oxygens (including phenoxy) is 2. The molecule has 0 saturated heterocycles. The third kappa shape index (κ3) is 5.20. The summed E-state index contributed by atoms with van der Waals surface area (Å²) < 4.78 is 11.3. The number of carbonyl (C=O) groups excluding carboxylic acids is 1. The van der Waals surface area contributed by atoms with Crippen LogP contribution in [0.4, 0.5) is 0 Å². The first-order chi connectivity index (χ1) is 12.0. The number of carboxylic acid groups (broad SMARTS) is 1. The van der Waals surface area contributed by atoms with Crippen molar-refractivity contribution in [2.45, 2.75) is 13.5 Å². The molecule has 1 heterocycles. The number of rotatable bonds is 8. The number of amides is 1. The van der Waals surface area contributed by atoms with Crippen molar-refractivity contribution >= 4 is 11.9 Å². The Balaban J connectivity index is 2.16. The predicted molar refractivity (Wildman–Crippen MR) is 90.8 cm³/mol. The zero-order chi connectivity index (χ0) is 18.2. The topological polar surface area (TPSA) is 89.0 Å². The van der Waals surface area contributed by atoms with Gasteiger partial charge in [-0.05, 0) is 31.2 Å². The highest BCUT2D eigenvalue weighted by Crippen LogP contribution is 2.29. The molecule has 0 atom stereocenters. The summed E-state index contributed by atoms with van der Waals surface area (Å²) >= 11 is 0. The maximum absolute atomic E-state index is 12.3. The predicted octanol–water partition coefficient (Wildman–Crippen LogP) is 2.22. The SMILES string of the molecule is CCOc1cc(C(=O)N(C)CC(=O)O)ccc1OCc1cccnc1. The summed E-state index contributed by atoms with van der Waals surface area (Å²) in [6.45, 7) is 2.18. The van der Waals surface area contributed by atoms with Crippen LogP contribution in [0.15, 0.2) is 42.7 Å². The Bertz CT molecular complexity index is 734. The minimum absolute atomic E-state index is 0.320. The van der Waals surface area contributed by atoms with Crippen LogP contribution < -0.4 is 9.47 Å². The van der Waals surface area contributed by atoms with Gasteiger partial charge in [-0.25, -0.2) is 0 Å². The van der Waals surface area contributed by atoms with E-state index in [0.29, 0.717) is 30.3 Å². The first-order valence-corrected chi connectivity index (χ1v) is 7.77. The van der Waals surface area contributed by atoms with Crippen molar-refractivity contribution in [2.75, 3.05) is 20.2 Å². The van der Waals surface area contributed by atoms with Gasteiger partial charge in [0.2, 0.25) is 0 Å². The number of carbonyl (C=O) groups is 2. The molecule has 1 amide bonds. The summed E-state index contributed by atoms with van der Waals surface area (Å²) in [6, 6.07) is 8.50. The molecule has 2 rings (SSSR count). The summed E-state index contributed by atoms with van der Waals surface area (Å²) in [6.07, 6.45) is 3.39. The van der Waals surface area contributed by atoms with E-state index >= 15 is 0 Å². The van der Waals surface area contributed by atoms with Crippen LogP contribution in [0.3, 0.4) is 0 Å². The smallest absolute Gasteiger partial charge is 0.323 e. The highest BCUT2D eigenvalue weighted by Gasteiger charge is 2.17. The first-order valence-electron chi connectivity index (χ1n) is 7.77. The van der Waals surface area contributed by atoms with Crippen molar-refractivity contribution in [2.24, 2.45) is 0 Å². The van der Waals surface area contributed by atoms with E-state index in [9.17, 15) is 9.59 Å². The van der Waals surface area contributed by atoms with E-state index in [2.05, 4.69) is 4.98 Å². The molecular weight excluding hydrogens is 324 g/mol. The molecule has 0 radical (unpaired) electrons. The van der Waals surface area contributed by atoms with Gasteiger partial charge in [-0.2, -0.15) is 0 Å². The quantitative estimate of drug-likeness (QED) is 0.790. The molecule has 1 aromatic carbocycles. The molecule has 1 N–H and O–H groups in total. The van der Waals surface area contributed by atoms with Crippen LogP contribution in [-0.2, 0) is 11.4 Å². The van der Waals surface area contributed by atoms with E-state index in [1.807, 2.05) is 19.1 Å². The lowest BCUT2D eigenvalue weighted by Crippen LogP contribution is -2.31. The summed E-state index contributed by atoms with van der Waals surface area (Å²) in [5.41, 5.74) is 1.24. The van der Waals surface area contributed by atoms with Crippen LogP contribution in [0.5, 0.6) is 11.5 Å².